The Morgan fingerprint density at radius 1 is 1.26 bits per heavy atom. The first-order valence-corrected chi connectivity index (χ1v) is 10.3. The number of benzene rings is 2. The van der Waals surface area contributed by atoms with E-state index in [0.29, 0.717) is 17.1 Å². The Morgan fingerprint density at radius 3 is 2.59 bits per heavy atom. The summed E-state index contributed by atoms with van der Waals surface area (Å²) in [7, 11) is 1.50. The number of rotatable bonds is 9. The molecule has 1 unspecified atom stereocenters. The maximum absolute atomic E-state index is 13.0. The molecule has 0 aliphatic heterocycles. The third kappa shape index (κ3) is 5.55. The number of hydrogen-bond donors (Lipinski definition) is 1. The number of ether oxygens (including phenoxy) is 2. The van der Waals surface area contributed by atoms with E-state index in [0.717, 1.165) is 5.56 Å². The maximum Gasteiger partial charge on any atom is 0.312 e. The zero-order valence-electron chi connectivity index (χ0n) is 19.1. The lowest BCUT2D eigenvalue weighted by Gasteiger charge is -2.12. The molecule has 10 nitrogen and oxygen atoms in total. The van der Waals surface area contributed by atoms with Crippen LogP contribution in [-0.4, -0.2) is 33.9 Å². The van der Waals surface area contributed by atoms with Crippen LogP contribution < -0.4 is 14.9 Å². The van der Waals surface area contributed by atoms with Gasteiger partial charge >= 0.3 is 5.69 Å². The average Bonchev–Trinajstić information content (AvgIpc) is 3.12. The van der Waals surface area contributed by atoms with Crippen molar-refractivity contribution in [3.8, 4) is 11.5 Å². The summed E-state index contributed by atoms with van der Waals surface area (Å²) in [6.07, 6.45) is 1.43. The van der Waals surface area contributed by atoms with E-state index in [1.807, 2.05) is 0 Å². The molecule has 3 rings (SSSR count). The molecule has 0 fully saturated rings. The predicted octanol–water partition coefficient (Wildman–Crippen LogP) is 3.85. The fourth-order valence-corrected chi connectivity index (χ4v) is 3.30. The normalized spacial score (nSPS) is 11.9. The fourth-order valence-electron chi connectivity index (χ4n) is 3.30. The number of amides is 1. The summed E-state index contributed by atoms with van der Waals surface area (Å²) in [5.74, 6) is 0.152. The van der Waals surface area contributed by atoms with Crippen molar-refractivity contribution in [1.82, 2.24) is 15.2 Å². The van der Waals surface area contributed by atoms with Gasteiger partial charge in [-0.25, -0.2) is 9.82 Å². The van der Waals surface area contributed by atoms with Gasteiger partial charge in [0.1, 0.15) is 29.9 Å². The SMILES string of the molecule is COc1cc(/C=N/NC(=O)C(C)n2nc(C)c([N+](=O)[O-])c2C)ccc1OCc1ccc(F)cc1. The lowest BCUT2D eigenvalue weighted by Crippen LogP contribution is -2.28. The van der Waals surface area contributed by atoms with Gasteiger partial charge in [0.15, 0.2) is 11.5 Å². The second-order valence-electron chi connectivity index (χ2n) is 7.46. The van der Waals surface area contributed by atoms with Gasteiger partial charge in [-0.1, -0.05) is 12.1 Å². The number of halogens is 1. The van der Waals surface area contributed by atoms with Gasteiger partial charge in [0.2, 0.25) is 0 Å². The molecule has 1 aromatic heterocycles. The van der Waals surface area contributed by atoms with Crippen molar-refractivity contribution in [3.63, 3.8) is 0 Å². The van der Waals surface area contributed by atoms with Gasteiger partial charge in [0.05, 0.1) is 18.2 Å². The monoisotopic (exact) mass is 469 g/mol. The molecule has 1 N–H and O–H groups in total. The van der Waals surface area contributed by atoms with Crippen LogP contribution in [0.3, 0.4) is 0 Å². The smallest absolute Gasteiger partial charge is 0.312 e. The van der Waals surface area contributed by atoms with Crippen LogP contribution in [-0.2, 0) is 11.4 Å². The largest absolute Gasteiger partial charge is 0.493 e. The fraction of sp³-hybridized carbons (Fsp3) is 0.261. The molecule has 1 heterocycles. The Kier molecular flexibility index (Phi) is 7.57. The second kappa shape index (κ2) is 10.6. The molecule has 11 heteroatoms. The number of methoxy groups -OCH3 is 1. The molecular weight excluding hydrogens is 445 g/mol. The van der Waals surface area contributed by atoms with E-state index in [1.54, 1.807) is 37.3 Å². The standard InChI is InChI=1S/C23H24FN5O5/c1-14-22(29(31)32)15(2)28(27-14)16(3)23(30)26-25-12-18-7-10-20(21(11-18)33-4)34-13-17-5-8-19(24)9-6-17/h5-12,16H,13H2,1-4H3,(H,26,30)/b25-12+. The molecule has 0 aliphatic rings. The van der Waals surface area contributed by atoms with Gasteiger partial charge in [0, 0.05) is 0 Å². The highest BCUT2D eigenvalue weighted by Gasteiger charge is 2.26. The molecule has 2 aromatic carbocycles. The van der Waals surface area contributed by atoms with E-state index in [2.05, 4.69) is 15.6 Å². The molecule has 178 valence electrons. The van der Waals surface area contributed by atoms with Crippen molar-refractivity contribution in [3.05, 3.63) is 80.9 Å². The summed E-state index contributed by atoms with van der Waals surface area (Å²) >= 11 is 0. The van der Waals surface area contributed by atoms with Crippen LogP contribution >= 0.6 is 0 Å². The van der Waals surface area contributed by atoms with Crippen molar-refractivity contribution < 1.29 is 23.6 Å². The van der Waals surface area contributed by atoms with Crippen LogP contribution in [0, 0.1) is 29.8 Å². The quantitative estimate of drug-likeness (QED) is 0.289. The summed E-state index contributed by atoms with van der Waals surface area (Å²) in [4.78, 5) is 23.1. The number of nitrogens with one attached hydrogen (secondary N) is 1. The number of nitro groups is 1. The third-order valence-electron chi connectivity index (χ3n) is 5.10. The molecule has 0 radical (unpaired) electrons. The minimum Gasteiger partial charge on any atom is -0.493 e. The number of nitrogens with zero attached hydrogens (tertiary/aromatic N) is 4. The van der Waals surface area contributed by atoms with Crippen molar-refractivity contribution in [2.24, 2.45) is 5.10 Å². The average molecular weight is 469 g/mol. The number of aryl methyl sites for hydroxylation is 1. The Labute approximate surface area is 195 Å². The van der Waals surface area contributed by atoms with Crippen LogP contribution in [0.4, 0.5) is 10.1 Å². The molecule has 0 saturated heterocycles. The van der Waals surface area contributed by atoms with Crippen molar-refractivity contribution in [2.75, 3.05) is 7.11 Å². The minimum absolute atomic E-state index is 0.114. The van der Waals surface area contributed by atoms with Crippen molar-refractivity contribution in [1.29, 1.82) is 0 Å². The number of carbonyl (C=O) groups is 1. The highest BCUT2D eigenvalue weighted by atomic mass is 19.1. The zero-order valence-corrected chi connectivity index (χ0v) is 19.1. The summed E-state index contributed by atoms with van der Waals surface area (Å²) in [6, 6.07) is 10.3. The van der Waals surface area contributed by atoms with Crippen LogP contribution in [0.5, 0.6) is 11.5 Å². The van der Waals surface area contributed by atoms with E-state index < -0.39 is 16.9 Å². The molecular formula is C23H24FN5O5. The first-order valence-electron chi connectivity index (χ1n) is 10.3. The molecule has 0 aliphatic carbocycles. The Morgan fingerprint density at radius 2 is 1.97 bits per heavy atom. The molecule has 1 atom stereocenters. The number of hydrogen-bond acceptors (Lipinski definition) is 7. The summed E-state index contributed by atoms with van der Waals surface area (Å²) in [6.45, 7) is 4.87. The highest BCUT2D eigenvalue weighted by Crippen LogP contribution is 2.28. The predicted molar refractivity (Wildman–Crippen MR) is 123 cm³/mol. The van der Waals surface area contributed by atoms with Crippen LogP contribution in [0.25, 0.3) is 0 Å². The van der Waals surface area contributed by atoms with Crippen molar-refractivity contribution in [2.45, 2.75) is 33.4 Å². The first kappa shape index (κ1) is 24.4. The molecule has 34 heavy (non-hydrogen) atoms. The van der Waals surface area contributed by atoms with E-state index in [9.17, 15) is 19.3 Å². The number of hydrazone groups is 1. The Hall–Kier alpha value is -4.28. The third-order valence-corrected chi connectivity index (χ3v) is 5.10. The summed E-state index contributed by atoms with van der Waals surface area (Å²) in [5, 5.41) is 19.2. The Balaban J connectivity index is 1.63. The molecule has 0 saturated carbocycles. The van der Waals surface area contributed by atoms with Gasteiger partial charge in [-0.3, -0.25) is 19.6 Å². The van der Waals surface area contributed by atoms with Crippen LogP contribution in [0.2, 0.25) is 0 Å². The van der Waals surface area contributed by atoms with Gasteiger partial charge in [-0.15, -0.1) is 0 Å². The number of carbonyl (C=O) groups excluding carboxylic acids is 1. The topological polar surface area (TPSA) is 121 Å². The van der Waals surface area contributed by atoms with Crippen LogP contribution in [0.1, 0.15) is 35.5 Å². The molecule has 3 aromatic rings. The molecule has 1 amide bonds. The Bertz CT molecular complexity index is 1220. The highest BCUT2D eigenvalue weighted by molar-refractivity contribution is 5.84. The summed E-state index contributed by atoms with van der Waals surface area (Å²) in [5.41, 5.74) is 4.27. The van der Waals surface area contributed by atoms with Crippen LogP contribution in [0.15, 0.2) is 47.6 Å². The molecule has 0 bridgehead atoms. The zero-order chi connectivity index (χ0) is 24.8. The van der Waals surface area contributed by atoms with Gasteiger partial charge in [-0.2, -0.15) is 10.2 Å². The first-order chi connectivity index (χ1) is 16.2. The minimum atomic E-state index is -0.804. The lowest BCUT2D eigenvalue weighted by atomic mass is 10.2. The van der Waals surface area contributed by atoms with E-state index >= 15 is 0 Å². The van der Waals surface area contributed by atoms with Gasteiger partial charge in [-0.05, 0) is 62.2 Å². The lowest BCUT2D eigenvalue weighted by molar-refractivity contribution is -0.386. The van der Waals surface area contributed by atoms with E-state index in [1.165, 1.54) is 44.0 Å². The summed E-state index contributed by atoms with van der Waals surface area (Å²) < 4.78 is 25.4. The van der Waals surface area contributed by atoms with Gasteiger partial charge < -0.3 is 9.47 Å². The number of aromatic nitrogens is 2. The maximum atomic E-state index is 13.0. The molecule has 0 spiro atoms. The second-order valence-corrected chi connectivity index (χ2v) is 7.46. The van der Waals surface area contributed by atoms with E-state index in [4.69, 9.17) is 9.47 Å². The van der Waals surface area contributed by atoms with Crippen molar-refractivity contribution >= 4 is 17.8 Å². The van der Waals surface area contributed by atoms with E-state index in [-0.39, 0.29) is 29.5 Å². The van der Waals surface area contributed by atoms with Gasteiger partial charge in [0.25, 0.3) is 5.91 Å².